The first kappa shape index (κ1) is 13.2. The number of ether oxygens (including phenoxy) is 1. The zero-order valence-electron chi connectivity index (χ0n) is 10.4. The Morgan fingerprint density at radius 3 is 2.83 bits per heavy atom. The lowest BCUT2D eigenvalue weighted by Gasteiger charge is -2.26. The standard InChI is InChI=1S/C13H18ClN3O/c1-18-7-6-17(10-3-4-10)12-5-2-9(14)8-11(12)13(15)16/h2,5,8,10H,3-4,6-7H2,1H3,(H3,15,16). The van der Waals surface area contributed by atoms with Gasteiger partial charge in [0.15, 0.2) is 0 Å². The first-order chi connectivity index (χ1) is 8.63. The van der Waals surface area contributed by atoms with Crippen LogP contribution in [0, 0.1) is 5.41 Å². The Labute approximate surface area is 112 Å². The minimum atomic E-state index is 0.0515. The summed E-state index contributed by atoms with van der Waals surface area (Å²) in [5.41, 5.74) is 7.31. The van der Waals surface area contributed by atoms with Gasteiger partial charge in [0.25, 0.3) is 0 Å². The van der Waals surface area contributed by atoms with Crippen molar-refractivity contribution in [3.8, 4) is 0 Å². The van der Waals surface area contributed by atoms with E-state index in [4.69, 9.17) is 27.5 Å². The van der Waals surface area contributed by atoms with Gasteiger partial charge in [-0.3, -0.25) is 5.41 Å². The summed E-state index contributed by atoms with van der Waals surface area (Å²) in [5.74, 6) is 0.0515. The van der Waals surface area contributed by atoms with E-state index in [-0.39, 0.29) is 5.84 Å². The van der Waals surface area contributed by atoms with Crippen molar-refractivity contribution in [2.45, 2.75) is 18.9 Å². The van der Waals surface area contributed by atoms with Crippen LogP contribution in [0.3, 0.4) is 0 Å². The molecule has 0 aromatic heterocycles. The van der Waals surface area contributed by atoms with Gasteiger partial charge < -0.3 is 15.4 Å². The molecule has 0 amide bonds. The van der Waals surface area contributed by atoms with Crippen LogP contribution in [-0.4, -0.2) is 32.1 Å². The Hall–Kier alpha value is -1.26. The highest BCUT2D eigenvalue weighted by molar-refractivity contribution is 6.31. The molecule has 0 spiro atoms. The largest absolute Gasteiger partial charge is 0.384 e. The summed E-state index contributed by atoms with van der Waals surface area (Å²) in [6.45, 7) is 1.47. The molecule has 0 bridgehead atoms. The van der Waals surface area contributed by atoms with Gasteiger partial charge in [0.05, 0.1) is 6.61 Å². The highest BCUT2D eigenvalue weighted by Gasteiger charge is 2.30. The molecule has 0 radical (unpaired) electrons. The smallest absolute Gasteiger partial charge is 0.124 e. The molecule has 1 aliphatic carbocycles. The van der Waals surface area contributed by atoms with E-state index in [1.807, 2.05) is 12.1 Å². The molecule has 0 unspecified atom stereocenters. The maximum absolute atomic E-state index is 7.67. The fraction of sp³-hybridized carbons (Fsp3) is 0.462. The lowest BCUT2D eigenvalue weighted by molar-refractivity contribution is 0.205. The molecule has 1 aromatic carbocycles. The van der Waals surface area contributed by atoms with Gasteiger partial charge in [0.2, 0.25) is 0 Å². The van der Waals surface area contributed by atoms with E-state index in [1.54, 1.807) is 13.2 Å². The second-order valence-corrected chi connectivity index (χ2v) is 4.93. The predicted octanol–water partition coefficient (Wildman–Crippen LogP) is 2.24. The van der Waals surface area contributed by atoms with Crippen molar-refractivity contribution < 1.29 is 4.74 Å². The van der Waals surface area contributed by atoms with Crippen molar-refractivity contribution in [3.05, 3.63) is 28.8 Å². The van der Waals surface area contributed by atoms with E-state index in [9.17, 15) is 0 Å². The van der Waals surface area contributed by atoms with Crippen LogP contribution in [0.2, 0.25) is 5.02 Å². The number of amidine groups is 1. The lowest BCUT2D eigenvalue weighted by atomic mass is 10.1. The first-order valence-corrected chi connectivity index (χ1v) is 6.41. The fourth-order valence-corrected chi connectivity index (χ4v) is 2.22. The van der Waals surface area contributed by atoms with Crippen molar-refractivity contribution in [3.63, 3.8) is 0 Å². The quantitative estimate of drug-likeness (QED) is 0.614. The Balaban J connectivity index is 2.30. The summed E-state index contributed by atoms with van der Waals surface area (Å²) in [6.07, 6.45) is 2.37. The molecule has 1 fully saturated rings. The molecule has 0 saturated heterocycles. The molecule has 0 atom stereocenters. The summed E-state index contributed by atoms with van der Waals surface area (Å²) < 4.78 is 5.14. The SMILES string of the molecule is COCCN(c1ccc(Cl)cc1C(=N)N)C1CC1. The summed E-state index contributed by atoms with van der Waals surface area (Å²) in [5, 5.41) is 8.27. The minimum Gasteiger partial charge on any atom is -0.384 e. The summed E-state index contributed by atoms with van der Waals surface area (Å²) in [6, 6.07) is 6.07. The number of hydrogen-bond donors (Lipinski definition) is 2. The van der Waals surface area contributed by atoms with Crippen LogP contribution in [0.15, 0.2) is 18.2 Å². The van der Waals surface area contributed by atoms with E-state index >= 15 is 0 Å². The normalized spacial score (nSPS) is 14.6. The Bertz CT molecular complexity index is 446. The second-order valence-electron chi connectivity index (χ2n) is 4.49. The number of halogens is 1. The van der Waals surface area contributed by atoms with Gasteiger partial charge in [-0.1, -0.05) is 11.6 Å². The van der Waals surface area contributed by atoms with Crippen LogP contribution < -0.4 is 10.6 Å². The number of methoxy groups -OCH3 is 1. The summed E-state index contributed by atoms with van der Waals surface area (Å²) in [7, 11) is 1.69. The van der Waals surface area contributed by atoms with Crippen LogP contribution >= 0.6 is 11.6 Å². The number of nitrogens with zero attached hydrogens (tertiary/aromatic N) is 1. The number of hydrogen-bond acceptors (Lipinski definition) is 3. The molecule has 0 aliphatic heterocycles. The molecule has 2 rings (SSSR count). The Morgan fingerprint density at radius 1 is 1.56 bits per heavy atom. The van der Waals surface area contributed by atoms with Crippen molar-refractivity contribution in [2.75, 3.05) is 25.2 Å². The Kier molecular flexibility index (Phi) is 4.09. The molecule has 0 heterocycles. The zero-order valence-corrected chi connectivity index (χ0v) is 11.2. The topological polar surface area (TPSA) is 62.3 Å². The molecule has 1 aromatic rings. The highest BCUT2D eigenvalue weighted by Crippen LogP contribution is 2.34. The monoisotopic (exact) mass is 267 g/mol. The zero-order chi connectivity index (χ0) is 13.1. The van der Waals surface area contributed by atoms with E-state index in [1.165, 1.54) is 12.8 Å². The van der Waals surface area contributed by atoms with Gasteiger partial charge in [0.1, 0.15) is 5.84 Å². The fourth-order valence-electron chi connectivity index (χ4n) is 2.05. The van der Waals surface area contributed by atoms with Crippen molar-refractivity contribution in [1.29, 1.82) is 5.41 Å². The van der Waals surface area contributed by atoms with Gasteiger partial charge >= 0.3 is 0 Å². The van der Waals surface area contributed by atoms with E-state index in [0.29, 0.717) is 23.2 Å². The van der Waals surface area contributed by atoms with Crippen LogP contribution in [-0.2, 0) is 4.74 Å². The van der Waals surface area contributed by atoms with Crippen LogP contribution in [0.25, 0.3) is 0 Å². The highest BCUT2D eigenvalue weighted by atomic mass is 35.5. The van der Waals surface area contributed by atoms with Gasteiger partial charge in [0, 0.05) is 36.0 Å². The maximum atomic E-state index is 7.67. The van der Waals surface area contributed by atoms with E-state index in [0.717, 1.165) is 12.2 Å². The summed E-state index contributed by atoms with van der Waals surface area (Å²) in [4.78, 5) is 2.26. The number of anilines is 1. The third kappa shape index (κ3) is 2.94. The van der Waals surface area contributed by atoms with Crippen LogP contribution in [0.1, 0.15) is 18.4 Å². The predicted molar refractivity (Wildman–Crippen MR) is 74.7 cm³/mol. The average Bonchev–Trinajstić information content (AvgIpc) is 3.15. The van der Waals surface area contributed by atoms with E-state index < -0.39 is 0 Å². The Morgan fingerprint density at radius 2 is 2.28 bits per heavy atom. The summed E-state index contributed by atoms with van der Waals surface area (Å²) >= 11 is 5.97. The first-order valence-electron chi connectivity index (χ1n) is 6.03. The average molecular weight is 268 g/mol. The lowest BCUT2D eigenvalue weighted by Crippen LogP contribution is -2.31. The molecule has 1 aliphatic rings. The molecule has 18 heavy (non-hydrogen) atoms. The molecular weight excluding hydrogens is 250 g/mol. The van der Waals surface area contributed by atoms with Crippen molar-refractivity contribution >= 4 is 23.1 Å². The van der Waals surface area contributed by atoms with Gasteiger partial charge in [-0.15, -0.1) is 0 Å². The molecule has 5 heteroatoms. The van der Waals surface area contributed by atoms with Crippen molar-refractivity contribution in [2.24, 2.45) is 5.73 Å². The van der Waals surface area contributed by atoms with Crippen LogP contribution in [0.4, 0.5) is 5.69 Å². The molecular formula is C13H18ClN3O. The third-order valence-electron chi connectivity index (χ3n) is 3.08. The molecule has 3 N–H and O–H groups in total. The van der Waals surface area contributed by atoms with Crippen LogP contribution in [0.5, 0.6) is 0 Å². The number of nitrogens with two attached hydrogens (primary N) is 1. The van der Waals surface area contributed by atoms with Gasteiger partial charge in [-0.05, 0) is 31.0 Å². The number of rotatable bonds is 6. The van der Waals surface area contributed by atoms with Crippen molar-refractivity contribution in [1.82, 2.24) is 0 Å². The van der Waals surface area contributed by atoms with Gasteiger partial charge in [-0.2, -0.15) is 0 Å². The number of nitrogens with one attached hydrogen (secondary N) is 1. The maximum Gasteiger partial charge on any atom is 0.124 e. The third-order valence-corrected chi connectivity index (χ3v) is 3.32. The number of nitrogen functional groups attached to an aromatic ring is 1. The second kappa shape index (κ2) is 5.59. The minimum absolute atomic E-state index is 0.0515. The molecule has 98 valence electrons. The molecule has 4 nitrogen and oxygen atoms in total. The van der Waals surface area contributed by atoms with Gasteiger partial charge in [-0.25, -0.2) is 0 Å². The number of benzene rings is 1. The molecule has 1 saturated carbocycles. The van der Waals surface area contributed by atoms with E-state index in [2.05, 4.69) is 4.90 Å².